The Hall–Kier alpha value is -0.0200. The van der Waals surface area contributed by atoms with Crippen LogP contribution in [0.2, 0.25) is 5.02 Å². The molecule has 0 amide bonds. The van der Waals surface area contributed by atoms with Crippen molar-refractivity contribution in [3.8, 4) is 0 Å². The molecule has 1 aromatic rings. The fourth-order valence-electron chi connectivity index (χ4n) is 1.68. The van der Waals surface area contributed by atoms with Crippen molar-refractivity contribution in [2.45, 2.75) is 12.8 Å². The van der Waals surface area contributed by atoms with E-state index in [9.17, 15) is 0 Å². The molecule has 0 unspecified atom stereocenters. The molecule has 1 aliphatic heterocycles. The van der Waals surface area contributed by atoms with Crippen LogP contribution in [-0.2, 0) is 0 Å². The van der Waals surface area contributed by atoms with E-state index in [0.29, 0.717) is 0 Å². The maximum absolute atomic E-state index is 6.00. The van der Waals surface area contributed by atoms with Crippen molar-refractivity contribution in [2.24, 2.45) is 5.92 Å². The average molecular weight is 264 g/mol. The first-order valence-corrected chi connectivity index (χ1v) is 6.24. The predicted octanol–water partition coefficient (Wildman–Crippen LogP) is 3.84. The summed E-state index contributed by atoms with van der Waals surface area (Å²) < 4.78 is 0. The van der Waals surface area contributed by atoms with Gasteiger partial charge in [0.05, 0.1) is 5.02 Å². The van der Waals surface area contributed by atoms with Crippen molar-refractivity contribution in [1.82, 2.24) is 5.32 Å². The largest absolute Gasteiger partial charge is 0.317 e. The molecule has 15 heavy (non-hydrogen) atoms. The van der Waals surface area contributed by atoms with E-state index in [4.69, 9.17) is 11.6 Å². The number of thiophene rings is 1. The number of hydrogen-bond acceptors (Lipinski definition) is 2. The fraction of sp³-hybridized carbons (Fsp3) is 0.455. The Labute approximate surface area is 106 Å². The molecule has 1 saturated heterocycles. The molecule has 0 bridgehead atoms. The minimum Gasteiger partial charge on any atom is -0.317 e. The Morgan fingerprint density at radius 1 is 1.40 bits per heavy atom. The van der Waals surface area contributed by atoms with Gasteiger partial charge in [-0.05, 0) is 49.4 Å². The van der Waals surface area contributed by atoms with E-state index in [1.807, 2.05) is 11.4 Å². The second-order valence-electron chi connectivity index (χ2n) is 3.58. The maximum atomic E-state index is 6.00. The van der Waals surface area contributed by atoms with Gasteiger partial charge < -0.3 is 5.32 Å². The Kier molecular flexibility index (Phi) is 5.69. The van der Waals surface area contributed by atoms with Crippen LogP contribution >= 0.6 is 35.3 Å². The summed E-state index contributed by atoms with van der Waals surface area (Å²) in [6.45, 7) is 2.29. The molecule has 0 radical (unpaired) electrons. The van der Waals surface area contributed by atoms with Gasteiger partial charge in [-0.1, -0.05) is 17.7 Å². The summed E-state index contributed by atoms with van der Waals surface area (Å²) in [7, 11) is 0. The molecule has 1 aliphatic rings. The molecule has 2 rings (SSSR count). The highest BCUT2D eigenvalue weighted by molar-refractivity contribution is 7.11. The first-order chi connectivity index (χ1) is 6.86. The van der Waals surface area contributed by atoms with Crippen LogP contribution in [0.25, 0.3) is 6.08 Å². The summed E-state index contributed by atoms with van der Waals surface area (Å²) in [6, 6.07) is 1.95. The van der Waals surface area contributed by atoms with Gasteiger partial charge in [0.15, 0.2) is 0 Å². The van der Waals surface area contributed by atoms with Gasteiger partial charge in [-0.3, -0.25) is 0 Å². The lowest BCUT2D eigenvalue weighted by molar-refractivity contribution is 0.438. The molecule has 0 aliphatic carbocycles. The van der Waals surface area contributed by atoms with Gasteiger partial charge in [0, 0.05) is 4.88 Å². The van der Waals surface area contributed by atoms with Gasteiger partial charge in [-0.2, -0.15) is 0 Å². The molecule has 1 N–H and O–H groups in total. The molecule has 84 valence electrons. The van der Waals surface area contributed by atoms with Crippen molar-refractivity contribution in [3.63, 3.8) is 0 Å². The van der Waals surface area contributed by atoms with E-state index >= 15 is 0 Å². The zero-order valence-electron chi connectivity index (χ0n) is 8.41. The van der Waals surface area contributed by atoms with E-state index in [1.54, 1.807) is 11.3 Å². The lowest BCUT2D eigenvalue weighted by atomic mass is 9.98. The van der Waals surface area contributed by atoms with Crippen LogP contribution in [0.1, 0.15) is 17.7 Å². The third kappa shape index (κ3) is 3.80. The Bertz CT molecular complexity index is 316. The second kappa shape index (κ2) is 6.54. The summed E-state index contributed by atoms with van der Waals surface area (Å²) in [5, 5.41) is 6.27. The standard InChI is InChI=1S/C11H14ClNS.ClH/c12-10-5-8-14-11(10)2-1-9-3-6-13-7-4-9;/h1-2,5,8-9,13H,3-4,6-7H2;1H. The average Bonchev–Trinajstić information content (AvgIpc) is 2.63. The molecule has 1 nitrogen and oxygen atoms in total. The first kappa shape index (κ1) is 13.0. The van der Waals surface area contributed by atoms with Crippen molar-refractivity contribution in [3.05, 3.63) is 27.4 Å². The Morgan fingerprint density at radius 3 is 2.73 bits per heavy atom. The number of piperidine rings is 1. The van der Waals surface area contributed by atoms with Crippen molar-refractivity contribution in [2.75, 3.05) is 13.1 Å². The van der Waals surface area contributed by atoms with E-state index in [-0.39, 0.29) is 12.4 Å². The number of allylic oxidation sites excluding steroid dienone is 1. The van der Waals surface area contributed by atoms with Gasteiger partial charge in [0.25, 0.3) is 0 Å². The fourth-order valence-corrected chi connectivity index (χ4v) is 2.71. The molecule has 2 heterocycles. The molecule has 0 atom stereocenters. The molecule has 4 heteroatoms. The topological polar surface area (TPSA) is 12.0 Å². The first-order valence-electron chi connectivity index (χ1n) is 4.98. The second-order valence-corrected chi connectivity index (χ2v) is 4.93. The van der Waals surface area contributed by atoms with E-state index in [1.165, 1.54) is 17.7 Å². The van der Waals surface area contributed by atoms with E-state index in [2.05, 4.69) is 17.5 Å². The zero-order chi connectivity index (χ0) is 9.80. The predicted molar refractivity (Wildman–Crippen MR) is 71.2 cm³/mol. The van der Waals surface area contributed by atoms with Gasteiger partial charge in [0.2, 0.25) is 0 Å². The molecule has 0 saturated carbocycles. The summed E-state index contributed by atoms with van der Waals surface area (Å²) in [5.74, 6) is 0.731. The van der Waals surface area contributed by atoms with Crippen LogP contribution in [0.3, 0.4) is 0 Å². The molecule has 1 fully saturated rings. The smallest absolute Gasteiger partial charge is 0.0586 e. The van der Waals surface area contributed by atoms with Crippen LogP contribution in [0, 0.1) is 5.92 Å². The van der Waals surface area contributed by atoms with Gasteiger partial charge >= 0.3 is 0 Å². The number of hydrogen-bond donors (Lipinski definition) is 1. The quantitative estimate of drug-likeness (QED) is 0.855. The Morgan fingerprint density at radius 2 is 2.13 bits per heavy atom. The summed E-state index contributed by atoms with van der Waals surface area (Å²) >= 11 is 7.71. The monoisotopic (exact) mass is 263 g/mol. The molecule has 1 aromatic heterocycles. The highest BCUT2D eigenvalue weighted by Crippen LogP contribution is 2.25. The van der Waals surface area contributed by atoms with Crippen LogP contribution in [0.5, 0.6) is 0 Å². The minimum absolute atomic E-state index is 0. The zero-order valence-corrected chi connectivity index (χ0v) is 10.8. The van der Waals surface area contributed by atoms with Gasteiger partial charge in [-0.25, -0.2) is 0 Å². The maximum Gasteiger partial charge on any atom is 0.0586 e. The van der Waals surface area contributed by atoms with Crippen LogP contribution in [-0.4, -0.2) is 13.1 Å². The van der Waals surface area contributed by atoms with E-state index in [0.717, 1.165) is 24.0 Å². The molecule has 0 aromatic carbocycles. The number of halogens is 2. The Balaban J connectivity index is 0.00000112. The molecular weight excluding hydrogens is 249 g/mol. The normalized spacial score (nSPS) is 17.9. The van der Waals surface area contributed by atoms with E-state index < -0.39 is 0 Å². The number of rotatable bonds is 2. The van der Waals surface area contributed by atoms with Gasteiger partial charge in [0.1, 0.15) is 0 Å². The summed E-state index contributed by atoms with van der Waals surface area (Å²) in [4.78, 5) is 1.19. The van der Waals surface area contributed by atoms with Gasteiger partial charge in [-0.15, -0.1) is 23.7 Å². The van der Waals surface area contributed by atoms with Crippen molar-refractivity contribution in [1.29, 1.82) is 0 Å². The summed E-state index contributed by atoms with van der Waals surface area (Å²) in [5.41, 5.74) is 0. The highest BCUT2D eigenvalue weighted by Gasteiger charge is 2.09. The number of nitrogens with one attached hydrogen (secondary N) is 1. The van der Waals surface area contributed by atoms with Crippen molar-refractivity contribution < 1.29 is 0 Å². The third-order valence-corrected chi connectivity index (χ3v) is 3.87. The molecule has 0 spiro atoms. The van der Waals surface area contributed by atoms with Crippen LogP contribution in [0.15, 0.2) is 17.5 Å². The minimum atomic E-state index is 0. The lowest BCUT2D eigenvalue weighted by Gasteiger charge is -2.18. The highest BCUT2D eigenvalue weighted by atomic mass is 35.5. The summed E-state index contributed by atoms with van der Waals surface area (Å²) in [6.07, 6.45) is 6.97. The van der Waals surface area contributed by atoms with Crippen LogP contribution < -0.4 is 5.32 Å². The lowest BCUT2D eigenvalue weighted by Crippen LogP contribution is -2.26. The van der Waals surface area contributed by atoms with Crippen LogP contribution in [0.4, 0.5) is 0 Å². The molecular formula is C11H15Cl2NS. The van der Waals surface area contributed by atoms with Crippen molar-refractivity contribution >= 4 is 41.4 Å². The third-order valence-electron chi connectivity index (χ3n) is 2.55. The SMILES string of the molecule is Cl.Clc1ccsc1C=CC1CCNCC1.